The molecule has 0 saturated carbocycles. The Hall–Kier alpha value is -3.78. The molecule has 32 heavy (non-hydrogen) atoms. The highest BCUT2D eigenvalue weighted by Crippen LogP contribution is 2.25. The van der Waals surface area contributed by atoms with Gasteiger partial charge < -0.3 is 14.8 Å². The molecule has 0 spiro atoms. The SMILES string of the molecule is C/C=C\C(=C/c1ncn[nH]1)Oc1ccc(Nc2ncnc3c2=CC(OCC)CC=3)cc1C. The Kier molecular flexibility index (Phi) is 6.72. The summed E-state index contributed by atoms with van der Waals surface area (Å²) >= 11 is 0. The van der Waals surface area contributed by atoms with Crippen LogP contribution in [0.25, 0.3) is 18.2 Å². The summed E-state index contributed by atoms with van der Waals surface area (Å²) in [7, 11) is 0. The molecule has 2 heterocycles. The Morgan fingerprint density at radius 2 is 2.16 bits per heavy atom. The zero-order valence-electron chi connectivity index (χ0n) is 18.4. The van der Waals surface area contributed by atoms with Crippen LogP contribution in [0.3, 0.4) is 0 Å². The number of nitrogens with one attached hydrogen (secondary N) is 2. The summed E-state index contributed by atoms with van der Waals surface area (Å²) in [6.07, 6.45) is 13.7. The van der Waals surface area contributed by atoms with Gasteiger partial charge in [0.25, 0.3) is 0 Å². The number of benzene rings is 1. The molecule has 0 saturated heterocycles. The van der Waals surface area contributed by atoms with E-state index in [2.05, 4.69) is 42.6 Å². The maximum Gasteiger partial charge on any atom is 0.151 e. The zero-order valence-corrected chi connectivity index (χ0v) is 18.4. The third-order valence-electron chi connectivity index (χ3n) is 4.90. The number of fused-ring (bicyclic) bond motifs is 1. The van der Waals surface area contributed by atoms with Gasteiger partial charge in [0, 0.05) is 23.6 Å². The van der Waals surface area contributed by atoms with Gasteiger partial charge in [-0.25, -0.2) is 15.0 Å². The van der Waals surface area contributed by atoms with Crippen LogP contribution in [-0.2, 0) is 4.74 Å². The number of aryl methyl sites for hydroxylation is 1. The number of ether oxygens (including phenoxy) is 2. The first-order chi connectivity index (χ1) is 15.7. The van der Waals surface area contributed by atoms with Crippen LogP contribution in [0.4, 0.5) is 11.5 Å². The number of anilines is 2. The Balaban J connectivity index is 1.57. The smallest absolute Gasteiger partial charge is 0.151 e. The quantitative estimate of drug-likeness (QED) is 0.419. The second-order valence-corrected chi connectivity index (χ2v) is 7.25. The molecule has 8 heteroatoms. The average Bonchev–Trinajstić information content (AvgIpc) is 3.29. The fourth-order valence-electron chi connectivity index (χ4n) is 3.45. The topological polar surface area (TPSA) is 97.8 Å². The van der Waals surface area contributed by atoms with Gasteiger partial charge in [-0.15, -0.1) is 0 Å². The number of allylic oxidation sites excluding steroid dienone is 2. The molecule has 0 aliphatic heterocycles. The van der Waals surface area contributed by atoms with Gasteiger partial charge in [-0.3, -0.25) is 5.10 Å². The molecule has 1 aromatic carbocycles. The summed E-state index contributed by atoms with van der Waals surface area (Å²) in [5, 5.41) is 12.0. The predicted molar refractivity (Wildman–Crippen MR) is 125 cm³/mol. The van der Waals surface area contributed by atoms with Crippen molar-refractivity contribution in [3.8, 4) is 5.75 Å². The number of aromatic amines is 1. The van der Waals surface area contributed by atoms with E-state index in [1.165, 1.54) is 6.33 Å². The van der Waals surface area contributed by atoms with E-state index in [0.29, 0.717) is 18.2 Å². The van der Waals surface area contributed by atoms with Crippen LogP contribution in [0.5, 0.6) is 5.75 Å². The van der Waals surface area contributed by atoms with E-state index in [1.54, 1.807) is 12.4 Å². The van der Waals surface area contributed by atoms with E-state index < -0.39 is 0 Å². The van der Waals surface area contributed by atoms with Crippen molar-refractivity contribution in [1.82, 2.24) is 25.1 Å². The molecule has 3 aromatic rings. The monoisotopic (exact) mass is 430 g/mol. The van der Waals surface area contributed by atoms with Crippen molar-refractivity contribution >= 4 is 29.7 Å². The first kappa shape index (κ1) is 21.5. The van der Waals surface area contributed by atoms with Gasteiger partial charge in [0.05, 0.1) is 11.5 Å². The lowest BCUT2D eigenvalue weighted by Gasteiger charge is -2.16. The third-order valence-corrected chi connectivity index (χ3v) is 4.90. The maximum atomic E-state index is 6.10. The molecule has 0 radical (unpaired) electrons. The molecule has 8 nitrogen and oxygen atoms in total. The Morgan fingerprint density at radius 1 is 1.25 bits per heavy atom. The Morgan fingerprint density at radius 3 is 2.91 bits per heavy atom. The van der Waals surface area contributed by atoms with Gasteiger partial charge in [-0.05, 0) is 63.1 Å². The van der Waals surface area contributed by atoms with Crippen molar-refractivity contribution in [2.24, 2.45) is 0 Å². The number of aromatic nitrogens is 5. The fraction of sp³-hybridized carbons (Fsp3) is 0.250. The first-order valence-electron chi connectivity index (χ1n) is 10.6. The molecule has 0 bridgehead atoms. The largest absolute Gasteiger partial charge is 0.457 e. The molecule has 1 unspecified atom stereocenters. The molecule has 1 aliphatic carbocycles. The van der Waals surface area contributed by atoms with Crippen LogP contribution in [0, 0.1) is 6.92 Å². The fourth-order valence-corrected chi connectivity index (χ4v) is 3.45. The minimum atomic E-state index is 0.0396. The third kappa shape index (κ3) is 5.09. The minimum Gasteiger partial charge on any atom is -0.457 e. The van der Waals surface area contributed by atoms with E-state index in [4.69, 9.17) is 9.47 Å². The molecule has 0 fully saturated rings. The molecule has 1 aliphatic rings. The molecular formula is C24H26N6O2. The average molecular weight is 431 g/mol. The summed E-state index contributed by atoms with van der Waals surface area (Å²) in [6, 6.07) is 5.92. The van der Waals surface area contributed by atoms with Crippen molar-refractivity contribution in [1.29, 1.82) is 0 Å². The van der Waals surface area contributed by atoms with Gasteiger partial charge in [0.2, 0.25) is 0 Å². The molecule has 1 atom stereocenters. The lowest BCUT2D eigenvalue weighted by Crippen LogP contribution is -2.36. The minimum absolute atomic E-state index is 0.0396. The highest BCUT2D eigenvalue weighted by Gasteiger charge is 2.12. The lowest BCUT2D eigenvalue weighted by atomic mass is 10.1. The van der Waals surface area contributed by atoms with Gasteiger partial charge >= 0.3 is 0 Å². The molecular weight excluding hydrogens is 404 g/mol. The van der Waals surface area contributed by atoms with Gasteiger partial charge in [-0.1, -0.05) is 12.2 Å². The van der Waals surface area contributed by atoms with Crippen LogP contribution in [0.15, 0.2) is 48.8 Å². The summed E-state index contributed by atoms with van der Waals surface area (Å²) in [5.74, 6) is 2.79. The molecule has 4 rings (SSSR count). The number of nitrogens with zero attached hydrogens (tertiary/aromatic N) is 4. The summed E-state index contributed by atoms with van der Waals surface area (Å²) in [4.78, 5) is 13.0. The van der Waals surface area contributed by atoms with E-state index >= 15 is 0 Å². The number of hydrogen-bond acceptors (Lipinski definition) is 7. The van der Waals surface area contributed by atoms with Crippen molar-refractivity contribution in [2.45, 2.75) is 33.3 Å². The van der Waals surface area contributed by atoms with Crippen molar-refractivity contribution in [3.63, 3.8) is 0 Å². The standard InChI is InChI=1S/C24H26N6O2/c1-4-6-19(13-23-26-15-28-30-23)32-22-10-7-17(11-16(22)3)29-24-20-12-18(31-5-2)8-9-21(20)25-14-27-24/h4,6-7,9-15,18H,5,8H2,1-3H3,(H,25,27,29)(H,26,28,30)/b6-4-,19-13+. The summed E-state index contributed by atoms with van der Waals surface area (Å²) in [5.41, 5.74) is 1.89. The summed E-state index contributed by atoms with van der Waals surface area (Å²) in [6.45, 7) is 6.60. The molecule has 2 aromatic heterocycles. The van der Waals surface area contributed by atoms with Crippen LogP contribution in [0.1, 0.15) is 31.7 Å². The maximum absolute atomic E-state index is 6.10. The van der Waals surface area contributed by atoms with Crippen molar-refractivity contribution in [2.75, 3.05) is 11.9 Å². The molecule has 2 N–H and O–H groups in total. The number of H-pyrrole nitrogens is 1. The first-order valence-corrected chi connectivity index (χ1v) is 10.6. The van der Waals surface area contributed by atoms with E-state index in [-0.39, 0.29) is 6.10 Å². The van der Waals surface area contributed by atoms with E-state index in [0.717, 1.165) is 39.8 Å². The molecule has 164 valence electrons. The van der Waals surface area contributed by atoms with E-state index in [1.807, 2.05) is 51.1 Å². The normalized spacial score (nSPS) is 15.7. The van der Waals surface area contributed by atoms with Gasteiger partial charge in [0.15, 0.2) is 5.82 Å². The van der Waals surface area contributed by atoms with Crippen LogP contribution in [0.2, 0.25) is 0 Å². The lowest BCUT2D eigenvalue weighted by molar-refractivity contribution is 0.110. The Labute approximate surface area is 186 Å². The van der Waals surface area contributed by atoms with Crippen LogP contribution < -0.4 is 20.6 Å². The van der Waals surface area contributed by atoms with Gasteiger partial charge in [0.1, 0.15) is 30.0 Å². The van der Waals surface area contributed by atoms with Gasteiger partial charge in [-0.2, -0.15) is 5.10 Å². The van der Waals surface area contributed by atoms with Crippen LogP contribution >= 0.6 is 0 Å². The molecule has 0 amide bonds. The number of rotatable bonds is 8. The zero-order chi connectivity index (χ0) is 22.3. The van der Waals surface area contributed by atoms with E-state index in [9.17, 15) is 0 Å². The second-order valence-electron chi connectivity index (χ2n) is 7.25. The number of hydrogen-bond donors (Lipinski definition) is 2. The summed E-state index contributed by atoms with van der Waals surface area (Å²) < 4.78 is 11.9. The second kappa shape index (κ2) is 10.0. The predicted octanol–water partition coefficient (Wildman–Crippen LogP) is 3.01. The van der Waals surface area contributed by atoms with Crippen molar-refractivity contribution < 1.29 is 9.47 Å². The Bertz CT molecular complexity index is 1250. The highest BCUT2D eigenvalue weighted by molar-refractivity contribution is 5.62. The van der Waals surface area contributed by atoms with Crippen LogP contribution in [-0.4, -0.2) is 37.9 Å². The van der Waals surface area contributed by atoms with Crippen molar-refractivity contribution in [3.05, 3.63) is 70.7 Å². The highest BCUT2D eigenvalue weighted by atomic mass is 16.5.